The van der Waals surface area contributed by atoms with Gasteiger partial charge in [0.2, 0.25) is 0 Å². The lowest BCUT2D eigenvalue weighted by Gasteiger charge is -2.31. The van der Waals surface area contributed by atoms with E-state index in [1.165, 1.54) is 160 Å². The molecular weight excluding hydrogens is 1240 g/mol. The van der Waals surface area contributed by atoms with Gasteiger partial charge in [0.05, 0.1) is 11.9 Å². The summed E-state index contributed by atoms with van der Waals surface area (Å²) in [7, 11) is 0. The fraction of sp³-hybridized carbons (Fsp3) is 0.659. The van der Waals surface area contributed by atoms with Gasteiger partial charge in [-0.25, -0.2) is 0 Å². The van der Waals surface area contributed by atoms with Crippen LogP contribution in [-0.4, -0.2) is 111 Å². The van der Waals surface area contributed by atoms with Gasteiger partial charge in [-0.2, -0.15) is 27.2 Å². The van der Waals surface area contributed by atoms with Crippen LogP contribution in [0.2, 0.25) is 0 Å². The third-order valence-corrected chi connectivity index (χ3v) is 21.1. The van der Waals surface area contributed by atoms with Crippen molar-refractivity contribution in [2.45, 2.75) is 276 Å². The van der Waals surface area contributed by atoms with Gasteiger partial charge >= 0.3 is 0 Å². The highest BCUT2D eigenvalue weighted by molar-refractivity contribution is 7.99. The van der Waals surface area contributed by atoms with Crippen molar-refractivity contribution < 1.29 is 0 Å². The molecule has 1 atom stereocenters. The Bertz CT molecular complexity index is 2680. The van der Waals surface area contributed by atoms with Gasteiger partial charge < -0.3 is 21.3 Å². The van der Waals surface area contributed by atoms with Crippen LogP contribution < -0.4 is 21.3 Å². The van der Waals surface area contributed by atoms with E-state index < -0.39 is 0 Å². The molecule has 12 heteroatoms. The van der Waals surface area contributed by atoms with E-state index in [0.717, 1.165) is 86.5 Å². The first kappa shape index (κ1) is 89.4. The molecule has 5 fully saturated rings. The highest BCUT2D eigenvalue weighted by atomic mass is 32.2. The van der Waals surface area contributed by atoms with E-state index in [2.05, 4.69) is 274 Å². The summed E-state index contributed by atoms with van der Waals surface area (Å²) >= 11 is 2.12. The van der Waals surface area contributed by atoms with Gasteiger partial charge in [-0.1, -0.05) is 234 Å². The molecule has 13 rings (SSSR count). The van der Waals surface area contributed by atoms with Crippen molar-refractivity contribution >= 4 is 11.8 Å². The van der Waals surface area contributed by atoms with Crippen molar-refractivity contribution in [1.29, 1.82) is 0 Å². The fourth-order valence-electron chi connectivity index (χ4n) is 12.4. The summed E-state index contributed by atoms with van der Waals surface area (Å²) in [4.78, 5) is 13.0. The predicted octanol–water partition coefficient (Wildman–Crippen LogP) is 20.9. The van der Waals surface area contributed by atoms with Crippen LogP contribution in [0.25, 0.3) is 0 Å². The van der Waals surface area contributed by atoms with E-state index in [1.54, 1.807) is 12.4 Å². The van der Waals surface area contributed by atoms with Crippen molar-refractivity contribution in [2.75, 3.05) is 63.9 Å². The first-order valence-corrected chi connectivity index (χ1v) is 40.5. The number of piperidine rings is 1. The Morgan fingerprint density at radius 2 is 0.930 bits per heavy atom. The first-order valence-electron chi connectivity index (χ1n) is 39.3. The molecule has 1 aliphatic carbocycles. The smallest absolute Gasteiger partial charge is 0.0850 e. The van der Waals surface area contributed by atoms with Gasteiger partial charge in [0.15, 0.2) is 0 Å². The van der Waals surface area contributed by atoms with Crippen LogP contribution in [0.3, 0.4) is 0 Å². The average Bonchev–Trinajstić information content (AvgIpc) is 1.67. The van der Waals surface area contributed by atoms with Crippen LogP contribution in [0.4, 0.5) is 0 Å². The molecular formula is C88H149N11S. The zero-order chi connectivity index (χ0) is 73.8. The summed E-state index contributed by atoms with van der Waals surface area (Å²) in [5, 5.41) is 23.5. The Balaban J connectivity index is 0.000000288. The van der Waals surface area contributed by atoms with Crippen molar-refractivity contribution in [2.24, 2.45) is 35.5 Å². The third-order valence-electron chi connectivity index (χ3n) is 20.0. The lowest BCUT2D eigenvalue weighted by molar-refractivity contribution is 0.136. The molecule has 0 spiro atoms. The molecule has 9 heterocycles. The van der Waals surface area contributed by atoms with Crippen LogP contribution in [0.15, 0.2) is 134 Å². The number of piperazine rings is 1. The van der Waals surface area contributed by atoms with Crippen LogP contribution in [0.5, 0.6) is 0 Å². The summed E-state index contributed by atoms with van der Waals surface area (Å²) in [6, 6.07) is 36.5. The number of H-pyrrole nitrogens is 1. The van der Waals surface area contributed by atoms with Gasteiger partial charge in [-0.05, 0) is 220 Å². The second-order valence-corrected chi connectivity index (χ2v) is 34.5. The number of thioether (sulfide) groups is 1. The van der Waals surface area contributed by atoms with E-state index in [9.17, 15) is 0 Å². The van der Waals surface area contributed by atoms with E-state index in [1.807, 2.05) is 61.1 Å². The quantitative estimate of drug-likeness (QED) is 0.110. The topological polar surface area (TPSA) is 122 Å². The lowest BCUT2D eigenvalue weighted by Crippen LogP contribution is -2.46. The molecule has 5 N–H and O–H groups in total. The van der Waals surface area contributed by atoms with Crippen LogP contribution in [0.1, 0.15) is 273 Å². The number of aromatic nitrogens is 5. The normalized spacial score (nSPS) is 17.7. The minimum atomic E-state index is 0.230. The second-order valence-electron chi connectivity index (χ2n) is 33.3. The van der Waals surface area contributed by atoms with Crippen LogP contribution in [-0.2, 0) is 37.0 Å². The molecule has 4 saturated heterocycles. The highest BCUT2D eigenvalue weighted by Gasteiger charge is 2.27. The zero-order valence-corrected chi connectivity index (χ0v) is 68.5. The van der Waals surface area contributed by atoms with E-state index in [-0.39, 0.29) is 10.8 Å². The number of nitrogens with zero attached hydrogens (tertiary/aromatic N) is 6. The highest BCUT2D eigenvalue weighted by Crippen LogP contribution is 2.30. The number of fused-ring (bicyclic) bond motifs is 2. The SMILES string of the molecule is C1CCCCC1.CC(C)(C)N1Cc2ccccc2C1.CC(C)(C)c1cccnc1.CC(C)(C)c1ccncc1.CC(C)C1CCNC1.CC(C)C1CCNCC1.CC(C)C1CCSCC1.CC(C)N1CCNCC1.CC(C)c1ccc2c(c1)CNC2.CC(C)c1cn[nH]n1.c1ccccc1. The van der Waals surface area contributed by atoms with Gasteiger partial charge in [0.25, 0.3) is 0 Å². The standard InChI is InChI=1S/C12H17N.C11H15N.2C9H13N.C8H17N.C8H16S.C7H16N2.C7H15N.C6H12.C6H6.C5H9N3/c1-12(2,3)13-8-10-6-4-5-7-11(10)9-13;1-8(2)9-3-4-10-6-12-7-11(10)5-9;1-9(2,3)8-4-6-10-7-5-8;1-9(2,3)8-5-4-6-10-7-8;2*1-7(2)8-3-5-9-6-4-8;1-7(2)9-5-3-8-4-6-9;1-6(2)7-3-4-8-5-7;2*1-2-4-6-5-3-1;1-4(2)5-3-6-8-7-5/h4-7H,8-9H2,1-3H3;3-5,8,12H,6-7H2,1-2H3;2*4-7H,1-3H3;7-9H,3-6H2,1-2H3;2*7-8H,3-6H2,1-2H3;6-8H,3-5H2,1-2H3;1-6H2;1-6H;3-4H,1-2H3,(H,6,7,8). The number of rotatable bonds is 6. The van der Waals surface area contributed by atoms with Crippen molar-refractivity contribution in [3.8, 4) is 0 Å². The molecule has 100 heavy (non-hydrogen) atoms. The number of hydrogen-bond donors (Lipinski definition) is 5. The molecule has 562 valence electrons. The van der Waals surface area contributed by atoms with E-state index in [4.69, 9.17) is 0 Å². The minimum absolute atomic E-state index is 0.230. The summed E-state index contributed by atoms with van der Waals surface area (Å²) < 4.78 is 0. The summed E-state index contributed by atoms with van der Waals surface area (Å²) in [5.74, 6) is 9.62. The molecule has 6 aliphatic heterocycles. The Labute approximate surface area is 619 Å². The maximum absolute atomic E-state index is 4.05. The van der Waals surface area contributed by atoms with Crippen molar-refractivity contribution in [3.05, 3.63) is 179 Å². The molecule has 0 radical (unpaired) electrons. The molecule has 6 aromatic rings. The Kier molecular flexibility index (Phi) is 45.2. The average molecular weight is 1390 g/mol. The molecule has 11 nitrogen and oxygen atoms in total. The molecule has 0 bridgehead atoms. The lowest BCUT2D eigenvalue weighted by atomic mass is 9.87. The van der Waals surface area contributed by atoms with Crippen molar-refractivity contribution in [1.82, 2.24) is 56.4 Å². The van der Waals surface area contributed by atoms with Crippen LogP contribution in [0, 0.1) is 35.5 Å². The maximum Gasteiger partial charge on any atom is 0.0850 e. The minimum Gasteiger partial charge on any atom is -0.317 e. The molecule has 7 aliphatic rings. The fourth-order valence-corrected chi connectivity index (χ4v) is 13.6. The van der Waals surface area contributed by atoms with Gasteiger partial charge in [0, 0.05) is 88.7 Å². The third kappa shape index (κ3) is 39.7. The monoisotopic (exact) mass is 1390 g/mol. The zero-order valence-electron chi connectivity index (χ0n) is 67.7. The molecule has 3 aromatic carbocycles. The largest absolute Gasteiger partial charge is 0.317 e. The van der Waals surface area contributed by atoms with E-state index >= 15 is 0 Å². The van der Waals surface area contributed by atoms with Gasteiger partial charge in [0.1, 0.15) is 0 Å². The Morgan fingerprint density at radius 3 is 1.28 bits per heavy atom. The van der Waals surface area contributed by atoms with Gasteiger partial charge in [-0.15, -0.1) is 0 Å². The van der Waals surface area contributed by atoms with Gasteiger partial charge in [-0.3, -0.25) is 19.8 Å². The number of nitrogens with one attached hydrogen (secondary N) is 5. The Morgan fingerprint density at radius 1 is 0.440 bits per heavy atom. The summed E-state index contributed by atoms with van der Waals surface area (Å²) in [6.45, 7) is 61.1. The second kappa shape index (κ2) is 50.6. The van der Waals surface area contributed by atoms with Crippen molar-refractivity contribution in [3.63, 3.8) is 0 Å². The summed E-state index contributed by atoms with van der Waals surface area (Å²) in [5.41, 5.74) is 11.8. The predicted molar refractivity (Wildman–Crippen MR) is 438 cm³/mol. The molecule has 1 unspecified atom stereocenters. The summed E-state index contributed by atoms with van der Waals surface area (Å²) in [6.07, 6.45) is 25.2. The number of aromatic amines is 1. The van der Waals surface area contributed by atoms with E-state index in [0.29, 0.717) is 17.4 Å². The molecule has 3 aromatic heterocycles. The molecule has 1 saturated carbocycles. The number of benzene rings is 3. The van der Waals surface area contributed by atoms with Crippen LogP contribution >= 0.6 is 11.8 Å². The number of pyridine rings is 2. The maximum atomic E-state index is 4.05. The first-order chi connectivity index (χ1) is 47.6. The number of hydrogen-bond acceptors (Lipinski definition) is 11. The Hall–Kier alpha value is -4.79. The molecule has 0 amide bonds.